The quantitative estimate of drug-likeness (QED) is 0.846. The van der Waals surface area contributed by atoms with Crippen molar-refractivity contribution < 1.29 is 8.42 Å². The fourth-order valence-electron chi connectivity index (χ4n) is 1.50. The van der Waals surface area contributed by atoms with Crippen LogP contribution in [0.1, 0.15) is 10.4 Å². The molecule has 0 spiro atoms. The molecule has 1 aromatic heterocycles. The smallest absolute Gasteiger partial charge is 0.240 e. The summed E-state index contributed by atoms with van der Waals surface area (Å²) < 4.78 is 26.7. The molecule has 2 rings (SSSR count). The van der Waals surface area contributed by atoms with Gasteiger partial charge in [0.2, 0.25) is 10.0 Å². The fourth-order valence-corrected chi connectivity index (χ4v) is 3.36. The van der Waals surface area contributed by atoms with E-state index in [0.29, 0.717) is 10.6 Å². The average molecular weight is 318 g/mol. The SMILES string of the molecule is Cc1cc(S(=O)(=O)NCc2cncs2)cc(N)c1Cl. The molecule has 19 heavy (non-hydrogen) atoms. The average Bonchev–Trinajstić information content (AvgIpc) is 2.86. The zero-order chi connectivity index (χ0) is 14.0. The maximum atomic E-state index is 12.1. The molecule has 0 aliphatic heterocycles. The first-order chi connectivity index (χ1) is 8.90. The number of anilines is 1. The summed E-state index contributed by atoms with van der Waals surface area (Å²) in [5.41, 5.74) is 8.20. The van der Waals surface area contributed by atoms with Crippen LogP contribution >= 0.6 is 22.9 Å². The molecule has 0 saturated heterocycles. The number of aryl methyl sites for hydroxylation is 1. The highest BCUT2D eigenvalue weighted by Gasteiger charge is 2.16. The number of aromatic nitrogens is 1. The number of halogens is 1. The van der Waals surface area contributed by atoms with Gasteiger partial charge in [-0.15, -0.1) is 11.3 Å². The largest absolute Gasteiger partial charge is 0.397 e. The van der Waals surface area contributed by atoms with E-state index in [-0.39, 0.29) is 17.1 Å². The minimum Gasteiger partial charge on any atom is -0.397 e. The molecular formula is C11H12ClN3O2S2. The molecule has 102 valence electrons. The Morgan fingerprint density at radius 3 is 2.79 bits per heavy atom. The third kappa shape index (κ3) is 3.24. The maximum absolute atomic E-state index is 12.1. The number of sulfonamides is 1. The molecule has 8 heteroatoms. The summed E-state index contributed by atoms with van der Waals surface area (Å²) in [5, 5.41) is 0.376. The molecule has 3 N–H and O–H groups in total. The van der Waals surface area contributed by atoms with Crippen molar-refractivity contribution in [2.75, 3.05) is 5.73 Å². The van der Waals surface area contributed by atoms with Gasteiger partial charge in [-0.05, 0) is 24.6 Å². The van der Waals surface area contributed by atoms with E-state index >= 15 is 0 Å². The Morgan fingerprint density at radius 1 is 1.47 bits per heavy atom. The lowest BCUT2D eigenvalue weighted by atomic mass is 10.2. The Kier molecular flexibility index (Phi) is 4.10. The van der Waals surface area contributed by atoms with Gasteiger partial charge >= 0.3 is 0 Å². The van der Waals surface area contributed by atoms with Crippen LogP contribution in [-0.4, -0.2) is 13.4 Å². The van der Waals surface area contributed by atoms with Crippen LogP contribution in [0.15, 0.2) is 28.7 Å². The molecule has 1 heterocycles. The van der Waals surface area contributed by atoms with Crippen LogP contribution < -0.4 is 10.5 Å². The van der Waals surface area contributed by atoms with Gasteiger partial charge in [-0.3, -0.25) is 4.98 Å². The van der Waals surface area contributed by atoms with Gasteiger partial charge in [-0.2, -0.15) is 0 Å². The van der Waals surface area contributed by atoms with Crippen LogP contribution in [0.25, 0.3) is 0 Å². The molecular weight excluding hydrogens is 306 g/mol. The molecule has 0 atom stereocenters. The molecule has 0 saturated carbocycles. The summed E-state index contributed by atoms with van der Waals surface area (Å²) in [6.45, 7) is 1.91. The van der Waals surface area contributed by atoms with Crippen LogP contribution in [0.5, 0.6) is 0 Å². The zero-order valence-electron chi connectivity index (χ0n) is 10.1. The second-order valence-corrected chi connectivity index (χ2v) is 7.05. The van der Waals surface area contributed by atoms with E-state index in [2.05, 4.69) is 9.71 Å². The van der Waals surface area contributed by atoms with Gasteiger partial charge in [0.15, 0.2) is 0 Å². The molecule has 0 amide bonds. The lowest BCUT2D eigenvalue weighted by molar-refractivity contribution is 0.581. The number of nitrogens with one attached hydrogen (secondary N) is 1. The Hall–Kier alpha value is -1.15. The van der Waals surface area contributed by atoms with Crippen molar-refractivity contribution in [2.24, 2.45) is 0 Å². The third-order valence-electron chi connectivity index (χ3n) is 2.49. The van der Waals surface area contributed by atoms with E-state index in [1.54, 1.807) is 18.6 Å². The second kappa shape index (κ2) is 5.46. The number of rotatable bonds is 4. The number of nitrogens with two attached hydrogens (primary N) is 1. The van der Waals surface area contributed by atoms with Gasteiger partial charge in [0.25, 0.3) is 0 Å². The Labute approximate surface area is 120 Å². The molecule has 0 radical (unpaired) electrons. The second-order valence-electron chi connectivity index (χ2n) is 3.94. The number of hydrogen-bond donors (Lipinski definition) is 2. The Morgan fingerprint density at radius 2 is 2.21 bits per heavy atom. The lowest BCUT2D eigenvalue weighted by Gasteiger charge is -2.09. The van der Waals surface area contributed by atoms with Crippen molar-refractivity contribution in [3.8, 4) is 0 Å². The molecule has 2 aromatic rings. The number of thiazole rings is 1. The zero-order valence-corrected chi connectivity index (χ0v) is 12.4. The summed E-state index contributed by atoms with van der Waals surface area (Å²) >= 11 is 7.29. The van der Waals surface area contributed by atoms with Gasteiger partial charge in [0.05, 0.1) is 21.1 Å². The number of nitrogens with zero attached hydrogens (tertiary/aromatic N) is 1. The topological polar surface area (TPSA) is 85.1 Å². The van der Waals surface area contributed by atoms with Crippen LogP contribution in [0.2, 0.25) is 5.02 Å². The molecule has 5 nitrogen and oxygen atoms in total. The Balaban J connectivity index is 2.24. The predicted octanol–water partition coefficient (Wildman–Crippen LogP) is 2.17. The van der Waals surface area contributed by atoms with E-state index in [0.717, 1.165) is 4.88 Å². The van der Waals surface area contributed by atoms with Crippen molar-refractivity contribution in [2.45, 2.75) is 18.4 Å². The van der Waals surface area contributed by atoms with Crippen molar-refractivity contribution >= 4 is 38.6 Å². The molecule has 0 aliphatic rings. The van der Waals surface area contributed by atoms with Crippen molar-refractivity contribution in [1.82, 2.24) is 9.71 Å². The first-order valence-corrected chi connectivity index (χ1v) is 8.07. The third-order valence-corrected chi connectivity index (χ3v) is 5.16. The molecule has 0 aliphatic carbocycles. The van der Waals surface area contributed by atoms with Gasteiger partial charge in [0, 0.05) is 17.6 Å². The maximum Gasteiger partial charge on any atom is 0.240 e. The van der Waals surface area contributed by atoms with Crippen molar-refractivity contribution in [3.05, 3.63) is 39.3 Å². The monoisotopic (exact) mass is 317 g/mol. The van der Waals surface area contributed by atoms with E-state index < -0.39 is 10.0 Å². The molecule has 0 bridgehead atoms. The summed E-state index contributed by atoms with van der Waals surface area (Å²) in [6, 6.07) is 2.85. The fraction of sp³-hybridized carbons (Fsp3) is 0.182. The van der Waals surface area contributed by atoms with Gasteiger partial charge in [0.1, 0.15) is 0 Å². The summed E-state index contributed by atoms with van der Waals surface area (Å²) in [6.07, 6.45) is 1.62. The normalized spacial score (nSPS) is 11.7. The highest BCUT2D eigenvalue weighted by molar-refractivity contribution is 7.89. The van der Waals surface area contributed by atoms with E-state index in [4.69, 9.17) is 17.3 Å². The predicted molar refractivity (Wildman–Crippen MR) is 76.7 cm³/mol. The van der Waals surface area contributed by atoms with Gasteiger partial charge in [-0.1, -0.05) is 11.6 Å². The highest BCUT2D eigenvalue weighted by atomic mass is 35.5. The summed E-state index contributed by atoms with van der Waals surface area (Å²) in [7, 11) is -3.61. The number of nitrogen functional groups attached to an aromatic ring is 1. The highest BCUT2D eigenvalue weighted by Crippen LogP contribution is 2.26. The minimum atomic E-state index is -3.61. The van der Waals surface area contributed by atoms with Gasteiger partial charge in [-0.25, -0.2) is 13.1 Å². The number of hydrogen-bond acceptors (Lipinski definition) is 5. The van der Waals surface area contributed by atoms with Crippen molar-refractivity contribution in [3.63, 3.8) is 0 Å². The minimum absolute atomic E-state index is 0.108. The first-order valence-electron chi connectivity index (χ1n) is 5.33. The Bertz CT molecular complexity index is 661. The van der Waals surface area contributed by atoms with E-state index in [9.17, 15) is 8.42 Å². The van der Waals surface area contributed by atoms with E-state index in [1.165, 1.54) is 23.5 Å². The molecule has 0 fully saturated rings. The van der Waals surface area contributed by atoms with Gasteiger partial charge < -0.3 is 5.73 Å². The molecule has 0 unspecified atom stereocenters. The molecule has 1 aromatic carbocycles. The van der Waals surface area contributed by atoms with Crippen LogP contribution in [0.3, 0.4) is 0 Å². The van der Waals surface area contributed by atoms with Crippen LogP contribution in [-0.2, 0) is 16.6 Å². The first kappa shape index (κ1) is 14.3. The van der Waals surface area contributed by atoms with E-state index in [1.807, 2.05) is 0 Å². The summed E-state index contributed by atoms with van der Waals surface area (Å²) in [5.74, 6) is 0. The van der Waals surface area contributed by atoms with Crippen LogP contribution in [0, 0.1) is 6.92 Å². The summed E-state index contributed by atoms with van der Waals surface area (Å²) in [4.78, 5) is 4.82. The van der Waals surface area contributed by atoms with Crippen LogP contribution in [0.4, 0.5) is 5.69 Å². The lowest BCUT2D eigenvalue weighted by Crippen LogP contribution is -2.23. The standard InChI is InChI=1S/C11H12ClN3O2S2/c1-7-2-9(3-10(13)11(7)12)19(16,17)15-5-8-4-14-6-18-8/h2-4,6,15H,5,13H2,1H3. The number of benzene rings is 1. The van der Waals surface area contributed by atoms with Crippen molar-refractivity contribution in [1.29, 1.82) is 0 Å².